The van der Waals surface area contributed by atoms with Gasteiger partial charge in [0.05, 0.1) is 34.6 Å². The van der Waals surface area contributed by atoms with Crippen LogP contribution in [0, 0.1) is 11.8 Å². The molecule has 0 aromatic carbocycles. The molecule has 0 unspecified atom stereocenters. The van der Waals surface area contributed by atoms with Crippen LogP contribution in [-0.2, 0) is 20.5 Å². The van der Waals surface area contributed by atoms with Crippen molar-refractivity contribution in [2.24, 2.45) is 11.8 Å². The summed E-state index contributed by atoms with van der Waals surface area (Å²) >= 11 is 5.90. The lowest BCUT2D eigenvalue weighted by molar-refractivity contribution is -0.143. The van der Waals surface area contributed by atoms with Crippen LogP contribution in [0.2, 0.25) is 5.02 Å². The number of alkyl halides is 3. The molecule has 0 spiro atoms. The Morgan fingerprint density at radius 2 is 1.76 bits per heavy atom. The Bertz CT molecular complexity index is 783. The number of aromatic nitrogens is 1. The van der Waals surface area contributed by atoms with Crippen LogP contribution >= 0.6 is 11.6 Å². The molecule has 3 aliphatic rings. The lowest BCUT2D eigenvalue weighted by Gasteiger charge is -2.29. The van der Waals surface area contributed by atoms with Gasteiger partial charge < -0.3 is 4.74 Å². The van der Waals surface area contributed by atoms with Crippen molar-refractivity contribution in [1.82, 2.24) is 9.99 Å². The zero-order valence-corrected chi connectivity index (χ0v) is 13.5. The molecule has 0 N–H and O–H groups in total. The maximum atomic E-state index is 12.7. The molecule has 4 atom stereocenters. The molecule has 3 aliphatic heterocycles. The van der Waals surface area contributed by atoms with Crippen LogP contribution in [0.3, 0.4) is 0 Å². The molecule has 2 saturated heterocycles. The Morgan fingerprint density at radius 1 is 1.20 bits per heavy atom. The Hall–Kier alpha value is -2.13. The second-order valence-electron chi connectivity index (χ2n) is 6.04. The molecule has 4 rings (SSSR count). The molecule has 10 heteroatoms. The first-order valence-electron chi connectivity index (χ1n) is 7.38. The largest absolute Gasteiger partial charge is 0.417 e. The average molecular weight is 374 g/mol. The smallest absolute Gasteiger partial charge is 0.365 e. The number of rotatable bonds is 2. The topological polar surface area (TPSA) is 62.7 Å². The number of pyridine rings is 1. The van der Waals surface area contributed by atoms with Gasteiger partial charge in [0.1, 0.15) is 0 Å². The van der Waals surface area contributed by atoms with E-state index in [1.54, 1.807) is 12.2 Å². The summed E-state index contributed by atoms with van der Waals surface area (Å²) in [5.41, 5.74) is -1.01. The van der Waals surface area contributed by atoms with Crippen LogP contribution in [0.4, 0.5) is 19.0 Å². The third kappa shape index (κ3) is 2.26. The van der Waals surface area contributed by atoms with Gasteiger partial charge in [-0.2, -0.15) is 18.2 Å². The summed E-state index contributed by atoms with van der Waals surface area (Å²) in [5, 5.41) is 1.66. The predicted octanol–water partition coefficient (Wildman–Crippen LogP) is 2.04. The van der Waals surface area contributed by atoms with Crippen LogP contribution in [0.1, 0.15) is 5.56 Å². The van der Waals surface area contributed by atoms with E-state index in [-0.39, 0.29) is 10.8 Å². The molecule has 0 radical (unpaired) electrons. The van der Waals surface area contributed by atoms with Gasteiger partial charge in [-0.25, -0.2) is 4.98 Å². The Balaban J connectivity index is 1.65. The van der Waals surface area contributed by atoms with Crippen molar-refractivity contribution < 1.29 is 27.5 Å². The zero-order chi connectivity index (χ0) is 18.1. The Labute approximate surface area is 144 Å². The van der Waals surface area contributed by atoms with Crippen LogP contribution in [0.15, 0.2) is 24.4 Å². The van der Waals surface area contributed by atoms with Gasteiger partial charge in [-0.05, 0) is 6.07 Å². The fourth-order valence-corrected chi connectivity index (χ4v) is 3.79. The monoisotopic (exact) mass is 373 g/mol. The lowest BCUT2D eigenvalue weighted by atomic mass is 9.85. The highest BCUT2D eigenvalue weighted by atomic mass is 35.5. The quantitative estimate of drug-likeness (QED) is 0.586. The van der Waals surface area contributed by atoms with Crippen molar-refractivity contribution in [3.63, 3.8) is 0 Å². The van der Waals surface area contributed by atoms with E-state index in [1.807, 2.05) is 0 Å². The Morgan fingerprint density at radius 3 is 2.24 bits per heavy atom. The molecular formula is C15H11ClF3N3O3. The van der Waals surface area contributed by atoms with Gasteiger partial charge in [0.25, 0.3) is 11.8 Å². The average Bonchev–Trinajstić information content (AvgIpc) is 3.20. The number of fused-ring (bicyclic) bond motifs is 5. The SMILES string of the molecule is CN(c1ncc(C(F)(F)F)cc1Cl)N1C(=O)[C@@H]2[C@@H](C1=O)[C@@H]1C=C[C@@H]2O1. The minimum Gasteiger partial charge on any atom is -0.365 e. The van der Waals surface area contributed by atoms with Gasteiger partial charge in [0, 0.05) is 13.2 Å². The summed E-state index contributed by atoms with van der Waals surface area (Å²) in [7, 11) is 1.36. The van der Waals surface area contributed by atoms with E-state index in [9.17, 15) is 22.8 Å². The minimum atomic E-state index is -4.59. The van der Waals surface area contributed by atoms with Crippen molar-refractivity contribution >= 4 is 29.2 Å². The predicted molar refractivity (Wildman–Crippen MR) is 79.3 cm³/mol. The van der Waals surface area contributed by atoms with E-state index in [4.69, 9.17) is 16.3 Å². The molecule has 4 heterocycles. The number of ether oxygens (including phenoxy) is 1. The maximum absolute atomic E-state index is 12.7. The van der Waals surface area contributed by atoms with E-state index in [2.05, 4.69) is 4.98 Å². The number of amides is 2. The summed E-state index contributed by atoms with van der Waals surface area (Å²) < 4.78 is 43.7. The van der Waals surface area contributed by atoms with Gasteiger partial charge in [0.15, 0.2) is 5.82 Å². The minimum absolute atomic E-state index is 0.113. The summed E-state index contributed by atoms with van der Waals surface area (Å²) in [6.45, 7) is 0. The maximum Gasteiger partial charge on any atom is 0.417 e. The molecule has 2 bridgehead atoms. The highest BCUT2D eigenvalue weighted by molar-refractivity contribution is 6.33. The zero-order valence-electron chi connectivity index (χ0n) is 12.7. The number of carbonyl (C=O) groups excluding carboxylic acids is 2. The number of carbonyl (C=O) groups is 2. The van der Waals surface area contributed by atoms with E-state index in [0.29, 0.717) is 12.3 Å². The fraction of sp³-hybridized carbons (Fsp3) is 0.400. The van der Waals surface area contributed by atoms with Crippen LogP contribution in [-0.4, -0.2) is 41.1 Å². The van der Waals surface area contributed by atoms with E-state index >= 15 is 0 Å². The van der Waals surface area contributed by atoms with Crippen LogP contribution < -0.4 is 5.01 Å². The van der Waals surface area contributed by atoms with Gasteiger partial charge in [-0.1, -0.05) is 23.8 Å². The molecule has 2 amide bonds. The van der Waals surface area contributed by atoms with Gasteiger partial charge >= 0.3 is 6.18 Å². The fourth-order valence-electron chi connectivity index (χ4n) is 3.50. The molecule has 132 valence electrons. The lowest BCUT2D eigenvalue weighted by Crippen LogP contribution is -2.46. The van der Waals surface area contributed by atoms with Gasteiger partial charge in [0.2, 0.25) is 0 Å². The second kappa shape index (κ2) is 5.18. The summed E-state index contributed by atoms with van der Waals surface area (Å²) in [5.74, 6) is -2.33. The normalized spacial score (nSPS) is 30.4. The molecule has 1 aromatic heterocycles. The number of imide groups is 1. The summed E-state index contributed by atoms with van der Waals surface area (Å²) in [4.78, 5) is 29.0. The molecule has 1 aromatic rings. The van der Waals surface area contributed by atoms with E-state index in [0.717, 1.165) is 10.0 Å². The van der Waals surface area contributed by atoms with Crippen molar-refractivity contribution in [3.8, 4) is 0 Å². The first-order valence-corrected chi connectivity index (χ1v) is 7.76. The second-order valence-corrected chi connectivity index (χ2v) is 6.45. The number of hydrogen-bond acceptors (Lipinski definition) is 5. The molecule has 2 fully saturated rings. The number of anilines is 1. The van der Waals surface area contributed by atoms with Gasteiger partial charge in [-0.15, -0.1) is 0 Å². The highest BCUT2D eigenvalue weighted by Crippen LogP contribution is 2.46. The third-order valence-electron chi connectivity index (χ3n) is 4.64. The van der Waals surface area contributed by atoms with Crippen molar-refractivity contribution in [2.75, 3.05) is 12.1 Å². The first-order chi connectivity index (χ1) is 11.7. The summed E-state index contributed by atoms with van der Waals surface area (Å²) in [6, 6.07) is 0.709. The van der Waals surface area contributed by atoms with Crippen LogP contribution in [0.25, 0.3) is 0 Å². The molecule has 6 nitrogen and oxygen atoms in total. The van der Waals surface area contributed by atoms with Crippen molar-refractivity contribution in [3.05, 3.63) is 35.0 Å². The molecular weight excluding hydrogens is 363 g/mol. The Kier molecular flexibility index (Phi) is 3.39. The van der Waals surface area contributed by atoms with E-state index < -0.39 is 47.6 Å². The molecule has 25 heavy (non-hydrogen) atoms. The molecule has 0 aliphatic carbocycles. The van der Waals surface area contributed by atoms with Gasteiger partial charge in [-0.3, -0.25) is 14.6 Å². The summed E-state index contributed by atoms with van der Waals surface area (Å²) in [6.07, 6.45) is -1.42. The number of nitrogens with zero attached hydrogens (tertiary/aromatic N) is 3. The number of hydrazine groups is 1. The third-order valence-corrected chi connectivity index (χ3v) is 4.92. The van der Waals surface area contributed by atoms with E-state index in [1.165, 1.54) is 7.05 Å². The van der Waals surface area contributed by atoms with Crippen molar-refractivity contribution in [1.29, 1.82) is 0 Å². The van der Waals surface area contributed by atoms with Crippen LogP contribution in [0.5, 0.6) is 0 Å². The van der Waals surface area contributed by atoms with Crippen molar-refractivity contribution in [2.45, 2.75) is 18.4 Å². The highest BCUT2D eigenvalue weighted by Gasteiger charge is 2.62. The molecule has 0 saturated carbocycles. The standard InChI is InChI=1S/C15H11ClF3N3O3/c1-21(12-7(16)4-6(5-20-12)15(17,18)19)22-13(23)10-8-2-3-9(25-8)11(10)14(22)24/h2-5,8-11H,1H3/t8-,9-,10-,11-/m0/s1. The number of halogens is 4. The number of hydrogen-bond donors (Lipinski definition) is 0. The first kappa shape index (κ1) is 16.3.